The van der Waals surface area contributed by atoms with E-state index in [1.54, 1.807) is 12.1 Å². The summed E-state index contributed by atoms with van der Waals surface area (Å²) in [6, 6.07) is 10.4. The van der Waals surface area contributed by atoms with E-state index in [2.05, 4.69) is 25.4 Å². The Morgan fingerprint density at radius 1 is 1.14 bits per heavy atom. The summed E-state index contributed by atoms with van der Waals surface area (Å²) in [6.45, 7) is 7.74. The van der Waals surface area contributed by atoms with E-state index in [0.717, 1.165) is 31.2 Å². The van der Waals surface area contributed by atoms with Gasteiger partial charge in [-0.05, 0) is 37.0 Å². The lowest BCUT2D eigenvalue weighted by Gasteiger charge is -2.33. The fourth-order valence-corrected chi connectivity index (χ4v) is 5.03. The number of rotatable bonds is 6. The zero-order chi connectivity index (χ0) is 24.2. The number of fused-ring (bicyclic) bond motifs is 1. The summed E-state index contributed by atoms with van der Waals surface area (Å²) in [5.74, 6) is 2.11. The number of aromatic nitrogens is 3. The van der Waals surface area contributed by atoms with Crippen molar-refractivity contribution in [2.75, 3.05) is 17.7 Å². The summed E-state index contributed by atoms with van der Waals surface area (Å²) in [5, 5.41) is 6.64. The van der Waals surface area contributed by atoms with Gasteiger partial charge in [-0.25, -0.2) is 4.85 Å². The maximum absolute atomic E-state index is 13.7. The molecular formula is C26H29N7O2. The van der Waals surface area contributed by atoms with Gasteiger partial charge in [-0.2, -0.15) is 9.97 Å². The Morgan fingerprint density at radius 3 is 2.71 bits per heavy atom. The first-order valence-electron chi connectivity index (χ1n) is 12.1. The highest BCUT2D eigenvalue weighted by Gasteiger charge is 2.33. The van der Waals surface area contributed by atoms with Crippen molar-refractivity contribution >= 4 is 23.4 Å². The van der Waals surface area contributed by atoms with Crippen LogP contribution in [0.3, 0.4) is 0 Å². The molecule has 1 aromatic carbocycles. The van der Waals surface area contributed by atoms with Crippen LogP contribution in [0.2, 0.25) is 0 Å². The number of carbonyl (C=O) groups is 1. The number of benzene rings is 1. The van der Waals surface area contributed by atoms with Gasteiger partial charge in [0, 0.05) is 30.4 Å². The number of amides is 1. The molecule has 1 saturated carbocycles. The van der Waals surface area contributed by atoms with E-state index in [9.17, 15) is 4.79 Å². The minimum absolute atomic E-state index is 0.0660. The van der Waals surface area contributed by atoms with Crippen molar-refractivity contribution < 1.29 is 9.53 Å². The average molecular weight is 472 g/mol. The van der Waals surface area contributed by atoms with Gasteiger partial charge in [-0.1, -0.05) is 31.4 Å². The zero-order valence-electron chi connectivity index (χ0n) is 19.5. The number of nitrogens with two attached hydrogens (primary N) is 1. The van der Waals surface area contributed by atoms with Gasteiger partial charge in [-0.15, -0.1) is 0 Å². The van der Waals surface area contributed by atoms with Crippen LogP contribution in [0.25, 0.3) is 10.7 Å². The highest BCUT2D eigenvalue weighted by Crippen LogP contribution is 2.36. The van der Waals surface area contributed by atoms with Crippen molar-refractivity contribution in [3.63, 3.8) is 0 Å². The molecular weight excluding hydrogens is 442 g/mol. The van der Waals surface area contributed by atoms with Crippen LogP contribution in [-0.4, -0.2) is 33.1 Å². The molecule has 3 heterocycles. The molecule has 9 nitrogen and oxygen atoms in total. The van der Waals surface area contributed by atoms with E-state index < -0.39 is 6.04 Å². The number of ether oxygens (including phenoxy) is 1. The molecule has 0 bridgehead atoms. The smallest absolute Gasteiger partial charge is 0.243 e. The fraction of sp³-hybridized carbons (Fsp3) is 0.385. The molecule has 4 N–H and O–H groups in total. The van der Waals surface area contributed by atoms with Crippen LogP contribution >= 0.6 is 0 Å². The van der Waals surface area contributed by atoms with Crippen LogP contribution in [0, 0.1) is 12.5 Å². The Kier molecular flexibility index (Phi) is 6.53. The summed E-state index contributed by atoms with van der Waals surface area (Å²) in [5.41, 5.74) is 7.44. The van der Waals surface area contributed by atoms with Crippen molar-refractivity contribution in [3.05, 3.63) is 65.8 Å². The molecule has 0 radical (unpaired) electrons. The summed E-state index contributed by atoms with van der Waals surface area (Å²) in [6.07, 6.45) is 9.82. The first kappa shape index (κ1) is 22.7. The Morgan fingerprint density at radius 2 is 1.94 bits per heavy atom. The number of nitrogens with one attached hydrogen (secondary N) is 2. The summed E-state index contributed by atoms with van der Waals surface area (Å²) >= 11 is 0. The lowest BCUT2D eigenvalue weighted by molar-refractivity contribution is -0.124. The molecule has 0 saturated heterocycles. The normalized spacial score (nSPS) is 18.5. The van der Waals surface area contributed by atoms with Crippen molar-refractivity contribution in [2.45, 2.75) is 50.6 Å². The van der Waals surface area contributed by atoms with E-state index in [-0.39, 0.29) is 23.8 Å². The topological polar surface area (TPSA) is 111 Å². The number of hydrogen-bond donors (Lipinski definition) is 3. The van der Waals surface area contributed by atoms with E-state index in [4.69, 9.17) is 17.0 Å². The molecule has 35 heavy (non-hydrogen) atoms. The van der Waals surface area contributed by atoms with Gasteiger partial charge in [-0.3, -0.25) is 4.79 Å². The van der Waals surface area contributed by atoms with Crippen molar-refractivity contribution in [3.8, 4) is 11.6 Å². The fourth-order valence-electron chi connectivity index (χ4n) is 5.03. The molecule has 0 spiro atoms. The van der Waals surface area contributed by atoms with E-state index in [1.165, 1.54) is 6.42 Å². The van der Waals surface area contributed by atoms with Crippen LogP contribution in [0.1, 0.15) is 50.1 Å². The van der Waals surface area contributed by atoms with Gasteiger partial charge in [0.15, 0.2) is 5.69 Å². The standard InChI is InChI=1S/C26H29N7O2/c1-28-18-9-10-19-20(11-14-35-21(19)15-18)29-25(34)24(17-7-3-2-4-8-17)30-22-16-23(32-26(27)31-22)33-12-5-6-13-33/h5-6,9-10,12-13,15-17,20,24H,2-4,7-8,11,14H2,(H,29,34)(H3,27,30,31,32)/t20-,24-/m1/s1. The molecule has 0 unspecified atom stereocenters. The number of nitrogens with zero attached hydrogens (tertiary/aromatic N) is 4. The Labute approximate surface area is 204 Å². The zero-order valence-corrected chi connectivity index (χ0v) is 19.5. The van der Waals surface area contributed by atoms with Crippen molar-refractivity contribution in [1.82, 2.24) is 19.9 Å². The Balaban J connectivity index is 1.39. The predicted molar refractivity (Wildman–Crippen MR) is 133 cm³/mol. The first-order chi connectivity index (χ1) is 17.1. The van der Waals surface area contributed by atoms with Crippen LogP contribution < -0.4 is 21.1 Å². The SMILES string of the molecule is [C-]#[N+]c1ccc2c(c1)OCC[C@H]2NC(=O)[C@H](Nc1cc(-n2cccc2)nc(N)n1)C1CCCCC1. The van der Waals surface area contributed by atoms with Gasteiger partial charge in [0.1, 0.15) is 23.4 Å². The number of nitrogen functional groups attached to an aromatic ring is 1. The van der Waals surface area contributed by atoms with Crippen molar-refractivity contribution in [2.24, 2.45) is 5.92 Å². The van der Waals surface area contributed by atoms with Crippen LogP contribution in [-0.2, 0) is 4.79 Å². The van der Waals surface area contributed by atoms with E-state index in [0.29, 0.717) is 36.1 Å². The minimum atomic E-state index is -0.448. The summed E-state index contributed by atoms with van der Waals surface area (Å²) in [7, 11) is 0. The summed E-state index contributed by atoms with van der Waals surface area (Å²) in [4.78, 5) is 25.9. The number of hydrogen-bond acceptors (Lipinski definition) is 6. The maximum atomic E-state index is 13.7. The molecule has 2 aliphatic rings. The lowest BCUT2D eigenvalue weighted by Crippen LogP contribution is -2.47. The minimum Gasteiger partial charge on any atom is -0.494 e. The van der Waals surface area contributed by atoms with Gasteiger partial charge >= 0.3 is 0 Å². The van der Waals surface area contributed by atoms with Gasteiger partial charge in [0.2, 0.25) is 11.9 Å². The predicted octanol–water partition coefficient (Wildman–Crippen LogP) is 4.40. The van der Waals surface area contributed by atoms with Crippen LogP contribution in [0.4, 0.5) is 17.5 Å². The molecule has 1 aliphatic carbocycles. The van der Waals surface area contributed by atoms with Crippen molar-refractivity contribution in [1.29, 1.82) is 0 Å². The highest BCUT2D eigenvalue weighted by atomic mass is 16.5. The Hall–Kier alpha value is -4.06. The molecule has 1 fully saturated rings. The quantitative estimate of drug-likeness (QED) is 0.460. The third-order valence-corrected chi connectivity index (χ3v) is 6.79. The lowest BCUT2D eigenvalue weighted by atomic mass is 9.83. The van der Waals surface area contributed by atoms with E-state index in [1.807, 2.05) is 41.2 Å². The second-order valence-corrected chi connectivity index (χ2v) is 9.11. The molecule has 2 aromatic heterocycles. The number of carbonyl (C=O) groups excluding carboxylic acids is 1. The maximum Gasteiger partial charge on any atom is 0.243 e. The molecule has 3 aromatic rings. The molecule has 1 aliphatic heterocycles. The van der Waals surface area contributed by atoms with Gasteiger partial charge < -0.3 is 25.7 Å². The monoisotopic (exact) mass is 471 g/mol. The Bertz CT molecular complexity index is 1230. The van der Waals surface area contributed by atoms with Gasteiger partial charge in [0.05, 0.1) is 19.2 Å². The molecule has 5 rings (SSSR count). The van der Waals surface area contributed by atoms with Crippen LogP contribution in [0.15, 0.2) is 48.8 Å². The third-order valence-electron chi connectivity index (χ3n) is 6.79. The second-order valence-electron chi connectivity index (χ2n) is 9.11. The van der Waals surface area contributed by atoms with E-state index >= 15 is 0 Å². The first-order valence-corrected chi connectivity index (χ1v) is 12.1. The second kappa shape index (κ2) is 10.1. The highest BCUT2D eigenvalue weighted by molar-refractivity contribution is 5.85. The average Bonchev–Trinajstić information content (AvgIpc) is 3.42. The molecule has 9 heteroatoms. The summed E-state index contributed by atoms with van der Waals surface area (Å²) < 4.78 is 7.62. The molecule has 1 amide bonds. The third kappa shape index (κ3) is 5.06. The van der Waals surface area contributed by atoms with Crippen LogP contribution in [0.5, 0.6) is 5.75 Å². The largest absolute Gasteiger partial charge is 0.494 e. The van der Waals surface area contributed by atoms with Gasteiger partial charge in [0.25, 0.3) is 0 Å². The molecule has 2 atom stereocenters. The molecule has 180 valence electrons. The number of anilines is 2.